The van der Waals surface area contributed by atoms with Gasteiger partial charge >= 0.3 is 0 Å². The van der Waals surface area contributed by atoms with Gasteiger partial charge in [-0.3, -0.25) is 14.9 Å². The number of carbonyl (C=O) groups excluding carboxylic acids is 1. The maximum Gasteiger partial charge on any atom is 0.273 e. The summed E-state index contributed by atoms with van der Waals surface area (Å²) >= 11 is 0. The standard InChI is InChI=1S/C14H19N3O4/c15-8-9-3-1-2-4-11(9)14(19)16-12-6-5-10(17(20)21)7-13(12)18/h5-7,9,11,18H,1-4,8,15H2,(H,16,19). The smallest absolute Gasteiger partial charge is 0.273 e. The average Bonchev–Trinajstić information content (AvgIpc) is 2.48. The van der Waals surface area contributed by atoms with Gasteiger partial charge in [-0.1, -0.05) is 12.8 Å². The first-order valence-electron chi connectivity index (χ1n) is 7.01. The molecule has 2 unspecified atom stereocenters. The summed E-state index contributed by atoms with van der Waals surface area (Å²) in [5.41, 5.74) is 5.67. The number of nitro groups is 1. The van der Waals surface area contributed by atoms with Crippen LogP contribution in [0.25, 0.3) is 0 Å². The lowest BCUT2D eigenvalue weighted by molar-refractivity contribution is -0.384. The fourth-order valence-electron chi connectivity index (χ4n) is 2.80. The predicted octanol–water partition coefficient (Wildman–Crippen LogP) is 2.00. The van der Waals surface area contributed by atoms with Gasteiger partial charge in [-0.05, 0) is 31.4 Å². The summed E-state index contributed by atoms with van der Waals surface area (Å²) in [7, 11) is 0. The van der Waals surface area contributed by atoms with Gasteiger partial charge in [0, 0.05) is 12.0 Å². The van der Waals surface area contributed by atoms with Crippen molar-refractivity contribution in [1.82, 2.24) is 0 Å². The highest BCUT2D eigenvalue weighted by atomic mass is 16.6. The monoisotopic (exact) mass is 293 g/mol. The van der Waals surface area contributed by atoms with Crippen molar-refractivity contribution >= 4 is 17.3 Å². The second kappa shape index (κ2) is 6.53. The van der Waals surface area contributed by atoms with Gasteiger partial charge in [0.05, 0.1) is 16.7 Å². The van der Waals surface area contributed by atoms with Crippen LogP contribution >= 0.6 is 0 Å². The van der Waals surface area contributed by atoms with Crippen LogP contribution in [0.2, 0.25) is 0 Å². The van der Waals surface area contributed by atoms with Gasteiger partial charge in [0.1, 0.15) is 5.75 Å². The van der Waals surface area contributed by atoms with Crippen LogP contribution in [-0.4, -0.2) is 22.5 Å². The van der Waals surface area contributed by atoms with E-state index in [-0.39, 0.29) is 34.9 Å². The number of nitro benzene ring substituents is 1. The predicted molar refractivity (Wildman–Crippen MR) is 77.9 cm³/mol. The Morgan fingerprint density at radius 3 is 2.76 bits per heavy atom. The molecule has 114 valence electrons. The molecule has 1 fully saturated rings. The van der Waals surface area contributed by atoms with Crippen molar-refractivity contribution in [2.45, 2.75) is 25.7 Å². The van der Waals surface area contributed by atoms with Gasteiger partial charge in [-0.15, -0.1) is 0 Å². The van der Waals surface area contributed by atoms with Crippen LogP contribution in [0.5, 0.6) is 5.75 Å². The molecule has 0 bridgehead atoms. The molecule has 0 heterocycles. The molecule has 0 spiro atoms. The van der Waals surface area contributed by atoms with Gasteiger partial charge in [0.15, 0.2) is 0 Å². The number of phenolic OH excluding ortho intramolecular Hbond substituents is 1. The number of phenols is 1. The summed E-state index contributed by atoms with van der Waals surface area (Å²) in [6, 6.07) is 3.61. The number of non-ortho nitro benzene ring substituents is 1. The topological polar surface area (TPSA) is 118 Å². The maximum absolute atomic E-state index is 12.3. The molecular formula is C14H19N3O4. The van der Waals surface area contributed by atoms with E-state index in [2.05, 4.69) is 5.32 Å². The van der Waals surface area contributed by atoms with Gasteiger partial charge < -0.3 is 16.2 Å². The number of rotatable bonds is 4. The van der Waals surface area contributed by atoms with Crippen LogP contribution < -0.4 is 11.1 Å². The van der Waals surface area contributed by atoms with E-state index in [4.69, 9.17) is 5.73 Å². The molecule has 1 aliphatic rings. The minimum atomic E-state index is -0.600. The molecule has 7 nitrogen and oxygen atoms in total. The summed E-state index contributed by atoms with van der Waals surface area (Å²) in [6.45, 7) is 0.463. The fraction of sp³-hybridized carbons (Fsp3) is 0.500. The second-order valence-corrected chi connectivity index (χ2v) is 5.33. The molecule has 0 aliphatic heterocycles. The molecule has 2 atom stereocenters. The average molecular weight is 293 g/mol. The Morgan fingerprint density at radius 2 is 2.14 bits per heavy atom. The van der Waals surface area contributed by atoms with E-state index >= 15 is 0 Å². The molecule has 7 heteroatoms. The minimum Gasteiger partial charge on any atom is -0.506 e. The zero-order valence-corrected chi connectivity index (χ0v) is 11.6. The van der Waals surface area contributed by atoms with Crippen LogP contribution in [0.4, 0.5) is 11.4 Å². The van der Waals surface area contributed by atoms with Crippen LogP contribution in [-0.2, 0) is 4.79 Å². The number of amides is 1. The van der Waals surface area contributed by atoms with E-state index in [1.54, 1.807) is 0 Å². The van der Waals surface area contributed by atoms with Crippen LogP contribution in [0.3, 0.4) is 0 Å². The van der Waals surface area contributed by atoms with Crippen molar-refractivity contribution < 1.29 is 14.8 Å². The van der Waals surface area contributed by atoms with Crippen LogP contribution in [0.15, 0.2) is 18.2 Å². The highest BCUT2D eigenvalue weighted by Gasteiger charge is 2.30. The van der Waals surface area contributed by atoms with E-state index in [0.717, 1.165) is 31.7 Å². The third-order valence-corrected chi connectivity index (χ3v) is 4.00. The molecule has 1 aromatic carbocycles. The van der Waals surface area contributed by atoms with Crippen molar-refractivity contribution in [3.63, 3.8) is 0 Å². The number of benzene rings is 1. The minimum absolute atomic E-state index is 0.152. The summed E-state index contributed by atoms with van der Waals surface area (Å²) < 4.78 is 0. The summed E-state index contributed by atoms with van der Waals surface area (Å²) in [5.74, 6) is -0.510. The summed E-state index contributed by atoms with van der Waals surface area (Å²) in [4.78, 5) is 22.3. The number of anilines is 1. The Morgan fingerprint density at radius 1 is 1.43 bits per heavy atom. The Bertz CT molecular complexity index is 547. The largest absolute Gasteiger partial charge is 0.506 e. The summed E-state index contributed by atoms with van der Waals surface area (Å²) in [5, 5.41) is 23.0. The molecule has 2 rings (SSSR count). The van der Waals surface area contributed by atoms with Crippen molar-refractivity contribution in [3.05, 3.63) is 28.3 Å². The first-order chi connectivity index (χ1) is 10.0. The van der Waals surface area contributed by atoms with E-state index < -0.39 is 4.92 Å². The number of hydrogen-bond donors (Lipinski definition) is 3. The molecule has 0 saturated heterocycles. The highest BCUT2D eigenvalue weighted by molar-refractivity contribution is 5.94. The maximum atomic E-state index is 12.3. The lowest BCUT2D eigenvalue weighted by Crippen LogP contribution is -2.35. The first kappa shape index (κ1) is 15.2. The molecule has 1 aromatic rings. The molecule has 1 aliphatic carbocycles. The van der Waals surface area contributed by atoms with E-state index in [0.29, 0.717) is 6.54 Å². The Hall–Kier alpha value is -2.15. The van der Waals surface area contributed by atoms with Crippen molar-refractivity contribution in [2.75, 3.05) is 11.9 Å². The molecule has 21 heavy (non-hydrogen) atoms. The number of nitrogens with zero attached hydrogens (tertiary/aromatic N) is 1. The zero-order valence-electron chi connectivity index (χ0n) is 11.6. The van der Waals surface area contributed by atoms with E-state index in [1.807, 2.05) is 0 Å². The van der Waals surface area contributed by atoms with E-state index in [1.165, 1.54) is 12.1 Å². The number of aromatic hydroxyl groups is 1. The third kappa shape index (κ3) is 3.49. The van der Waals surface area contributed by atoms with Crippen molar-refractivity contribution in [3.8, 4) is 5.75 Å². The fourth-order valence-corrected chi connectivity index (χ4v) is 2.80. The molecule has 0 aromatic heterocycles. The lowest BCUT2D eigenvalue weighted by Gasteiger charge is -2.29. The highest BCUT2D eigenvalue weighted by Crippen LogP contribution is 2.32. The number of nitrogens with two attached hydrogens (primary N) is 1. The Labute approximate surface area is 122 Å². The molecule has 1 saturated carbocycles. The van der Waals surface area contributed by atoms with E-state index in [9.17, 15) is 20.0 Å². The van der Waals surface area contributed by atoms with Crippen molar-refractivity contribution in [1.29, 1.82) is 0 Å². The van der Waals surface area contributed by atoms with Crippen molar-refractivity contribution in [2.24, 2.45) is 17.6 Å². The molecule has 0 radical (unpaired) electrons. The molecular weight excluding hydrogens is 274 g/mol. The number of hydrogen-bond acceptors (Lipinski definition) is 5. The summed E-state index contributed by atoms with van der Waals surface area (Å²) in [6.07, 6.45) is 3.78. The van der Waals surface area contributed by atoms with Gasteiger partial charge in [0.2, 0.25) is 5.91 Å². The Kier molecular flexibility index (Phi) is 4.74. The van der Waals surface area contributed by atoms with Gasteiger partial charge in [0.25, 0.3) is 5.69 Å². The second-order valence-electron chi connectivity index (χ2n) is 5.33. The normalized spacial score (nSPS) is 21.8. The van der Waals surface area contributed by atoms with Crippen LogP contribution in [0.1, 0.15) is 25.7 Å². The molecule has 4 N–H and O–H groups in total. The van der Waals surface area contributed by atoms with Gasteiger partial charge in [-0.2, -0.15) is 0 Å². The third-order valence-electron chi connectivity index (χ3n) is 4.00. The molecule has 1 amide bonds. The first-order valence-corrected chi connectivity index (χ1v) is 7.01. The number of nitrogens with one attached hydrogen (secondary N) is 1. The quantitative estimate of drug-likeness (QED) is 0.445. The van der Waals surface area contributed by atoms with Crippen LogP contribution in [0, 0.1) is 22.0 Å². The zero-order chi connectivity index (χ0) is 15.4. The Balaban J connectivity index is 2.10. The number of carbonyl (C=O) groups is 1. The van der Waals surface area contributed by atoms with Gasteiger partial charge in [-0.25, -0.2) is 0 Å². The SMILES string of the molecule is NCC1CCCCC1C(=O)Nc1ccc([N+](=O)[O-])cc1O. The lowest BCUT2D eigenvalue weighted by atomic mass is 9.78.